The average Bonchev–Trinajstić information content (AvgIpc) is 2.72. The molecule has 0 atom stereocenters. The van der Waals surface area contributed by atoms with Crippen LogP contribution in [0.1, 0.15) is 21.5 Å². The summed E-state index contributed by atoms with van der Waals surface area (Å²) in [5.41, 5.74) is 0.836. The number of methoxy groups -OCH3 is 1. The molecule has 0 radical (unpaired) electrons. The first kappa shape index (κ1) is 21.6. The number of aryl methyl sites for hydroxylation is 1. The molecule has 0 unspecified atom stereocenters. The van der Waals surface area contributed by atoms with Gasteiger partial charge in [0.2, 0.25) is 0 Å². The molecule has 0 aliphatic rings. The van der Waals surface area contributed by atoms with Crippen molar-refractivity contribution in [3.63, 3.8) is 0 Å². The summed E-state index contributed by atoms with van der Waals surface area (Å²) in [6.07, 6.45) is 0.517. The third kappa shape index (κ3) is 4.72. The second-order valence-electron chi connectivity index (χ2n) is 6.42. The number of ether oxygens (including phenoxy) is 2. The van der Waals surface area contributed by atoms with Gasteiger partial charge in [0.1, 0.15) is 34.3 Å². The first-order valence-corrected chi connectivity index (χ1v) is 9.62. The van der Waals surface area contributed by atoms with Gasteiger partial charge in [0.15, 0.2) is 0 Å². The molecule has 3 rings (SSSR count). The quantitative estimate of drug-likeness (QED) is 0.432. The van der Waals surface area contributed by atoms with Crippen molar-refractivity contribution in [1.29, 1.82) is 0 Å². The Kier molecular flexibility index (Phi) is 6.59. The molecule has 0 aliphatic heterocycles. The van der Waals surface area contributed by atoms with Crippen LogP contribution in [-0.4, -0.2) is 28.4 Å². The number of esters is 1. The van der Waals surface area contributed by atoms with E-state index in [1.165, 1.54) is 19.2 Å². The molecule has 156 valence electrons. The highest BCUT2D eigenvalue weighted by Crippen LogP contribution is 2.38. The van der Waals surface area contributed by atoms with E-state index in [-0.39, 0.29) is 34.1 Å². The largest absolute Gasteiger partial charge is 0.508 e. The van der Waals surface area contributed by atoms with E-state index in [0.717, 1.165) is 6.07 Å². The van der Waals surface area contributed by atoms with Gasteiger partial charge in [0, 0.05) is 17.2 Å². The smallest absolute Gasteiger partial charge is 0.341 e. The molecule has 0 heterocycles. The lowest BCUT2D eigenvalue weighted by Crippen LogP contribution is -2.08. The third-order valence-corrected chi connectivity index (χ3v) is 5.12. The van der Waals surface area contributed by atoms with Crippen molar-refractivity contribution >= 4 is 29.2 Å². The van der Waals surface area contributed by atoms with E-state index < -0.39 is 11.7 Å². The number of halogens is 2. The van der Waals surface area contributed by atoms with Gasteiger partial charge >= 0.3 is 5.97 Å². The molecule has 3 aromatic rings. The molecule has 0 aromatic heterocycles. The van der Waals surface area contributed by atoms with Crippen molar-refractivity contribution in [2.75, 3.05) is 7.11 Å². The molecule has 0 saturated carbocycles. The highest BCUT2D eigenvalue weighted by molar-refractivity contribution is 6.33. The van der Waals surface area contributed by atoms with Crippen LogP contribution in [0.4, 0.5) is 0 Å². The number of phenols is 3. The Morgan fingerprint density at radius 3 is 2.30 bits per heavy atom. The monoisotopic (exact) mass is 448 g/mol. The highest BCUT2D eigenvalue weighted by Gasteiger charge is 2.23. The molecule has 6 nitrogen and oxygen atoms in total. The summed E-state index contributed by atoms with van der Waals surface area (Å²) in [6.45, 7) is 0. The first-order valence-electron chi connectivity index (χ1n) is 8.87. The molecule has 0 amide bonds. The molecular formula is C22H18Cl2O6. The third-order valence-electron chi connectivity index (χ3n) is 4.45. The maximum atomic E-state index is 12.1. The second-order valence-corrected chi connectivity index (χ2v) is 7.24. The van der Waals surface area contributed by atoms with Crippen LogP contribution in [0.3, 0.4) is 0 Å². The summed E-state index contributed by atoms with van der Waals surface area (Å²) < 4.78 is 10.6. The fraction of sp³-hybridized carbons (Fsp3) is 0.136. The summed E-state index contributed by atoms with van der Waals surface area (Å²) in [6, 6.07) is 12.4. The number of carbonyl (C=O) groups is 1. The van der Waals surface area contributed by atoms with E-state index in [9.17, 15) is 20.1 Å². The Morgan fingerprint density at radius 1 is 0.933 bits per heavy atom. The Balaban J connectivity index is 1.93. The maximum absolute atomic E-state index is 12.1. The number of rotatable bonds is 6. The van der Waals surface area contributed by atoms with Gasteiger partial charge in [0.05, 0.1) is 12.1 Å². The van der Waals surface area contributed by atoms with Gasteiger partial charge in [-0.05, 0) is 54.3 Å². The van der Waals surface area contributed by atoms with E-state index in [1.54, 1.807) is 30.3 Å². The molecule has 0 fully saturated rings. The van der Waals surface area contributed by atoms with Gasteiger partial charge in [0.25, 0.3) is 0 Å². The van der Waals surface area contributed by atoms with Crippen LogP contribution >= 0.6 is 23.2 Å². The Bertz CT molecular complexity index is 1080. The van der Waals surface area contributed by atoms with E-state index in [4.69, 9.17) is 32.7 Å². The van der Waals surface area contributed by atoms with Crippen LogP contribution in [0.25, 0.3) is 0 Å². The number of hydrogen-bond donors (Lipinski definition) is 3. The zero-order chi connectivity index (χ0) is 21.8. The fourth-order valence-corrected chi connectivity index (χ4v) is 3.35. The minimum Gasteiger partial charge on any atom is -0.508 e. The summed E-state index contributed by atoms with van der Waals surface area (Å²) >= 11 is 12.1. The van der Waals surface area contributed by atoms with Gasteiger partial charge in [-0.1, -0.05) is 29.3 Å². The predicted octanol–water partition coefficient (Wildman–Crippen LogP) is 5.47. The average molecular weight is 449 g/mol. The van der Waals surface area contributed by atoms with E-state index in [2.05, 4.69) is 0 Å². The minimum atomic E-state index is -0.771. The van der Waals surface area contributed by atoms with Crippen molar-refractivity contribution in [2.45, 2.75) is 12.8 Å². The first-order chi connectivity index (χ1) is 14.3. The maximum Gasteiger partial charge on any atom is 0.341 e. The molecule has 8 heteroatoms. The molecule has 0 saturated heterocycles. The number of phenolic OH excluding ortho intramolecular Hbond substituents is 3. The highest BCUT2D eigenvalue weighted by atomic mass is 35.5. The summed E-state index contributed by atoms with van der Waals surface area (Å²) in [5.74, 6) is -0.604. The van der Waals surface area contributed by atoms with Crippen molar-refractivity contribution < 1.29 is 29.6 Å². The van der Waals surface area contributed by atoms with E-state index >= 15 is 0 Å². The molecule has 0 aliphatic carbocycles. The zero-order valence-corrected chi connectivity index (χ0v) is 17.4. The lowest BCUT2D eigenvalue weighted by Gasteiger charge is -2.15. The van der Waals surface area contributed by atoms with Crippen molar-refractivity contribution in [3.05, 3.63) is 75.3 Å². The van der Waals surface area contributed by atoms with E-state index in [0.29, 0.717) is 28.5 Å². The lowest BCUT2D eigenvalue weighted by atomic mass is 9.97. The Hall–Kier alpha value is -3.09. The standard InChI is InChI=1S/C22H18Cl2O6/c1-29-22(28)20-16(21(24)18(27)11-17(20)26)9-3-12-2-6-14(25)10-19(12)30-15-7-4-13(23)5-8-15/h2,4-8,10-11,25-27H,3,9H2,1H3. The molecule has 3 N–H and O–H groups in total. The van der Waals surface area contributed by atoms with Gasteiger partial charge in [-0.3, -0.25) is 0 Å². The van der Waals surface area contributed by atoms with Gasteiger partial charge in [-0.15, -0.1) is 0 Å². The van der Waals surface area contributed by atoms with Crippen molar-refractivity contribution in [2.24, 2.45) is 0 Å². The van der Waals surface area contributed by atoms with Gasteiger partial charge in [-0.25, -0.2) is 4.79 Å². The zero-order valence-electron chi connectivity index (χ0n) is 15.9. The van der Waals surface area contributed by atoms with Gasteiger partial charge < -0.3 is 24.8 Å². The topological polar surface area (TPSA) is 96.2 Å². The molecule has 30 heavy (non-hydrogen) atoms. The van der Waals surface area contributed by atoms with Crippen LogP contribution < -0.4 is 4.74 Å². The van der Waals surface area contributed by atoms with Crippen LogP contribution in [0, 0.1) is 0 Å². The SMILES string of the molecule is COC(=O)c1c(O)cc(O)c(Cl)c1CCc1ccc(O)cc1Oc1ccc(Cl)cc1. The summed E-state index contributed by atoms with van der Waals surface area (Å²) in [5, 5.41) is 30.4. The van der Waals surface area contributed by atoms with Crippen LogP contribution in [-0.2, 0) is 17.6 Å². The molecule has 0 bridgehead atoms. The number of aromatic hydroxyl groups is 3. The number of hydrogen-bond acceptors (Lipinski definition) is 6. The van der Waals surface area contributed by atoms with Crippen LogP contribution in [0.2, 0.25) is 10.0 Å². The fourth-order valence-electron chi connectivity index (χ4n) is 2.98. The number of carbonyl (C=O) groups excluding carboxylic acids is 1. The second kappa shape index (κ2) is 9.15. The molecular weight excluding hydrogens is 431 g/mol. The Morgan fingerprint density at radius 2 is 1.63 bits per heavy atom. The van der Waals surface area contributed by atoms with E-state index in [1.807, 2.05) is 0 Å². The van der Waals surface area contributed by atoms with Crippen LogP contribution in [0.15, 0.2) is 48.5 Å². The number of benzene rings is 3. The molecule has 0 spiro atoms. The predicted molar refractivity (Wildman–Crippen MR) is 113 cm³/mol. The van der Waals surface area contributed by atoms with Crippen LogP contribution in [0.5, 0.6) is 28.7 Å². The van der Waals surface area contributed by atoms with Crippen molar-refractivity contribution in [3.8, 4) is 28.7 Å². The Labute approximate surface area is 182 Å². The summed E-state index contributed by atoms with van der Waals surface area (Å²) in [4.78, 5) is 12.1. The minimum absolute atomic E-state index is 0.0194. The molecule has 3 aromatic carbocycles. The lowest BCUT2D eigenvalue weighted by molar-refractivity contribution is 0.0596. The van der Waals surface area contributed by atoms with Crippen molar-refractivity contribution in [1.82, 2.24) is 0 Å². The normalized spacial score (nSPS) is 10.6. The summed E-state index contributed by atoms with van der Waals surface area (Å²) in [7, 11) is 1.18. The van der Waals surface area contributed by atoms with Gasteiger partial charge in [-0.2, -0.15) is 0 Å².